The normalized spacial score (nSPS) is 13.2. The summed E-state index contributed by atoms with van der Waals surface area (Å²) < 4.78 is 50.4. The van der Waals surface area contributed by atoms with Crippen LogP contribution < -0.4 is 11.1 Å². The molecule has 0 aliphatic heterocycles. The van der Waals surface area contributed by atoms with Crippen molar-refractivity contribution >= 4 is 5.91 Å². The minimum atomic E-state index is -4.83. The van der Waals surface area contributed by atoms with Gasteiger partial charge in [-0.05, 0) is 24.6 Å². The zero-order chi connectivity index (χ0) is 14.6. The molecule has 0 fully saturated rings. The van der Waals surface area contributed by atoms with Gasteiger partial charge in [-0.2, -0.15) is 13.2 Å². The number of benzene rings is 1. The second kappa shape index (κ2) is 6.01. The smallest absolute Gasteiger partial charge is 0.350 e. The van der Waals surface area contributed by atoms with Crippen molar-refractivity contribution in [1.82, 2.24) is 5.32 Å². The molecule has 1 aromatic carbocycles. The number of amides is 1. The van der Waals surface area contributed by atoms with Gasteiger partial charge in [-0.15, -0.1) is 0 Å². The molecule has 0 aliphatic carbocycles. The van der Waals surface area contributed by atoms with Gasteiger partial charge in [-0.3, -0.25) is 4.79 Å². The average molecular weight is 278 g/mol. The Kier molecular flexibility index (Phi) is 4.88. The lowest BCUT2D eigenvalue weighted by molar-refractivity contribution is -0.140. The van der Waals surface area contributed by atoms with Crippen molar-refractivity contribution in [3.63, 3.8) is 0 Å². The fourth-order valence-corrected chi connectivity index (χ4v) is 1.35. The molecule has 1 amide bonds. The van der Waals surface area contributed by atoms with Crippen molar-refractivity contribution in [1.29, 1.82) is 0 Å². The van der Waals surface area contributed by atoms with E-state index in [1.807, 2.05) is 6.92 Å². The zero-order valence-electron chi connectivity index (χ0n) is 10.2. The SMILES string of the molecule is CCC(N)CNC(=O)c1ccc(F)c(C(F)(F)F)c1. The molecule has 19 heavy (non-hydrogen) atoms. The standard InChI is InChI=1S/C12H14F4N2O/c1-2-8(17)6-18-11(19)7-3-4-10(13)9(5-7)12(14,15)16/h3-5,8H,2,6,17H2,1H3,(H,18,19). The Morgan fingerprint density at radius 1 is 1.42 bits per heavy atom. The van der Waals surface area contributed by atoms with E-state index in [-0.39, 0.29) is 18.2 Å². The van der Waals surface area contributed by atoms with E-state index in [1.165, 1.54) is 0 Å². The van der Waals surface area contributed by atoms with E-state index in [9.17, 15) is 22.4 Å². The van der Waals surface area contributed by atoms with Gasteiger partial charge in [0.25, 0.3) is 5.91 Å². The minimum Gasteiger partial charge on any atom is -0.350 e. The van der Waals surface area contributed by atoms with Crippen LogP contribution in [0.25, 0.3) is 0 Å². The topological polar surface area (TPSA) is 55.1 Å². The Labute approximate surface area is 107 Å². The van der Waals surface area contributed by atoms with E-state index in [2.05, 4.69) is 5.32 Å². The number of nitrogens with two attached hydrogens (primary N) is 1. The predicted octanol–water partition coefficient (Wildman–Crippen LogP) is 2.31. The van der Waals surface area contributed by atoms with Gasteiger partial charge in [0, 0.05) is 18.2 Å². The summed E-state index contributed by atoms with van der Waals surface area (Å²) in [5.41, 5.74) is 3.86. The maximum atomic E-state index is 13.0. The third kappa shape index (κ3) is 4.20. The summed E-state index contributed by atoms with van der Waals surface area (Å²) in [6.45, 7) is 1.96. The first-order valence-corrected chi connectivity index (χ1v) is 5.66. The lowest BCUT2D eigenvalue weighted by atomic mass is 10.1. The summed E-state index contributed by atoms with van der Waals surface area (Å²) in [5, 5.41) is 2.39. The first-order valence-electron chi connectivity index (χ1n) is 5.66. The van der Waals surface area contributed by atoms with E-state index in [4.69, 9.17) is 5.73 Å². The molecular formula is C12H14F4N2O. The van der Waals surface area contributed by atoms with E-state index in [1.54, 1.807) is 0 Å². The summed E-state index contributed by atoms with van der Waals surface area (Å²) in [7, 11) is 0. The summed E-state index contributed by atoms with van der Waals surface area (Å²) >= 11 is 0. The van der Waals surface area contributed by atoms with Crippen LogP contribution in [0.1, 0.15) is 29.3 Å². The van der Waals surface area contributed by atoms with Crippen LogP contribution in [-0.4, -0.2) is 18.5 Å². The Morgan fingerprint density at radius 2 is 2.05 bits per heavy atom. The van der Waals surface area contributed by atoms with Crippen molar-refractivity contribution in [2.75, 3.05) is 6.54 Å². The van der Waals surface area contributed by atoms with Gasteiger partial charge in [0.2, 0.25) is 0 Å². The molecule has 1 rings (SSSR count). The first-order chi connectivity index (χ1) is 8.75. The van der Waals surface area contributed by atoms with Crippen molar-refractivity contribution in [2.45, 2.75) is 25.6 Å². The van der Waals surface area contributed by atoms with Gasteiger partial charge in [0.1, 0.15) is 5.82 Å². The van der Waals surface area contributed by atoms with Crippen LogP contribution in [0.2, 0.25) is 0 Å². The molecular weight excluding hydrogens is 264 g/mol. The number of hydrogen-bond donors (Lipinski definition) is 2. The van der Waals surface area contributed by atoms with Crippen LogP contribution >= 0.6 is 0 Å². The largest absolute Gasteiger partial charge is 0.419 e. The van der Waals surface area contributed by atoms with Crippen molar-refractivity contribution in [2.24, 2.45) is 5.73 Å². The van der Waals surface area contributed by atoms with Crippen LogP contribution in [0.15, 0.2) is 18.2 Å². The minimum absolute atomic E-state index is 0.147. The third-order valence-electron chi connectivity index (χ3n) is 2.58. The average Bonchev–Trinajstić information content (AvgIpc) is 2.34. The maximum Gasteiger partial charge on any atom is 0.419 e. The number of halogens is 4. The van der Waals surface area contributed by atoms with Crippen LogP contribution in [0.3, 0.4) is 0 Å². The van der Waals surface area contributed by atoms with Gasteiger partial charge in [-0.1, -0.05) is 6.92 Å². The molecule has 0 heterocycles. The zero-order valence-corrected chi connectivity index (χ0v) is 10.2. The van der Waals surface area contributed by atoms with Gasteiger partial charge >= 0.3 is 6.18 Å². The Hall–Kier alpha value is -1.63. The van der Waals surface area contributed by atoms with Crippen LogP contribution in [-0.2, 0) is 6.18 Å². The molecule has 0 spiro atoms. The molecule has 0 radical (unpaired) electrons. The lowest BCUT2D eigenvalue weighted by Gasteiger charge is -2.12. The molecule has 7 heteroatoms. The van der Waals surface area contributed by atoms with E-state index in [0.29, 0.717) is 18.6 Å². The quantitative estimate of drug-likeness (QED) is 0.830. The third-order valence-corrected chi connectivity index (χ3v) is 2.58. The molecule has 1 atom stereocenters. The summed E-state index contributed by atoms with van der Waals surface area (Å²) in [6.07, 6.45) is -4.21. The van der Waals surface area contributed by atoms with Gasteiger partial charge in [0.15, 0.2) is 0 Å². The van der Waals surface area contributed by atoms with E-state index < -0.39 is 23.5 Å². The summed E-state index contributed by atoms with van der Waals surface area (Å²) in [5.74, 6) is -2.12. The van der Waals surface area contributed by atoms with E-state index >= 15 is 0 Å². The number of rotatable bonds is 4. The maximum absolute atomic E-state index is 13.0. The van der Waals surface area contributed by atoms with Crippen molar-refractivity contribution < 1.29 is 22.4 Å². The van der Waals surface area contributed by atoms with E-state index in [0.717, 1.165) is 6.07 Å². The van der Waals surface area contributed by atoms with Gasteiger partial charge in [0.05, 0.1) is 5.56 Å². The van der Waals surface area contributed by atoms with Gasteiger partial charge in [-0.25, -0.2) is 4.39 Å². The summed E-state index contributed by atoms with van der Waals surface area (Å²) in [6, 6.07) is 1.84. The molecule has 1 unspecified atom stereocenters. The molecule has 106 valence electrons. The van der Waals surface area contributed by atoms with Crippen molar-refractivity contribution in [3.05, 3.63) is 35.1 Å². The molecule has 0 bridgehead atoms. The lowest BCUT2D eigenvalue weighted by Crippen LogP contribution is -2.36. The Bertz CT molecular complexity index is 460. The van der Waals surface area contributed by atoms with Crippen molar-refractivity contribution in [3.8, 4) is 0 Å². The number of carbonyl (C=O) groups is 1. The van der Waals surface area contributed by atoms with Crippen LogP contribution in [0.4, 0.5) is 17.6 Å². The molecule has 0 aliphatic rings. The van der Waals surface area contributed by atoms with Gasteiger partial charge < -0.3 is 11.1 Å². The molecule has 1 aromatic rings. The number of nitrogens with one attached hydrogen (secondary N) is 1. The second-order valence-corrected chi connectivity index (χ2v) is 4.07. The predicted molar refractivity (Wildman–Crippen MR) is 62.0 cm³/mol. The molecule has 0 aromatic heterocycles. The monoisotopic (exact) mass is 278 g/mol. The number of hydrogen-bond acceptors (Lipinski definition) is 2. The highest BCUT2D eigenvalue weighted by Gasteiger charge is 2.34. The molecule has 0 saturated carbocycles. The highest BCUT2D eigenvalue weighted by Crippen LogP contribution is 2.31. The summed E-state index contributed by atoms with van der Waals surface area (Å²) in [4.78, 5) is 11.6. The van der Waals surface area contributed by atoms with Crippen LogP contribution in [0.5, 0.6) is 0 Å². The number of carbonyl (C=O) groups excluding carboxylic acids is 1. The van der Waals surface area contributed by atoms with Crippen LogP contribution in [0, 0.1) is 5.82 Å². The number of alkyl halides is 3. The first kappa shape index (κ1) is 15.4. The molecule has 3 nitrogen and oxygen atoms in total. The Morgan fingerprint density at radius 3 is 2.58 bits per heavy atom. The Balaban J connectivity index is 2.87. The fraction of sp³-hybridized carbons (Fsp3) is 0.417. The second-order valence-electron chi connectivity index (χ2n) is 4.07. The molecule has 0 saturated heterocycles. The molecule has 3 N–H and O–H groups in total. The fourth-order valence-electron chi connectivity index (χ4n) is 1.35. The highest BCUT2D eigenvalue weighted by atomic mass is 19.4. The highest BCUT2D eigenvalue weighted by molar-refractivity contribution is 5.94.